The Morgan fingerprint density at radius 3 is 2.84 bits per heavy atom. The predicted molar refractivity (Wildman–Crippen MR) is 99.2 cm³/mol. The summed E-state index contributed by atoms with van der Waals surface area (Å²) in [5.41, 5.74) is 3.07. The Morgan fingerprint density at radius 1 is 1.32 bits per heavy atom. The molecule has 3 aromatic rings. The Morgan fingerprint density at radius 2 is 2.12 bits per heavy atom. The number of esters is 1. The summed E-state index contributed by atoms with van der Waals surface area (Å²) in [6.07, 6.45) is 2.14. The van der Waals surface area contributed by atoms with Crippen LogP contribution >= 0.6 is 34.5 Å². The van der Waals surface area contributed by atoms with Crippen molar-refractivity contribution in [2.24, 2.45) is 0 Å². The molecule has 2 heterocycles. The van der Waals surface area contributed by atoms with Gasteiger partial charge in [-0.3, -0.25) is 0 Å². The summed E-state index contributed by atoms with van der Waals surface area (Å²) >= 11 is 13.5. The van der Waals surface area contributed by atoms with Crippen LogP contribution in [0.15, 0.2) is 29.8 Å². The van der Waals surface area contributed by atoms with Crippen molar-refractivity contribution in [3.8, 4) is 5.13 Å². The first kappa shape index (κ1) is 17.9. The third-order valence-electron chi connectivity index (χ3n) is 3.60. The summed E-state index contributed by atoms with van der Waals surface area (Å²) in [5, 5.41) is 7.97. The van der Waals surface area contributed by atoms with Gasteiger partial charge < -0.3 is 4.74 Å². The average Bonchev–Trinajstić information content (AvgIpc) is 3.17. The molecule has 0 spiro atoms. The second-order valence-corrected chi connectivity index (χ2v) is 6.97. The number of hydrogen-bond acceptors (Lipinski definition) is 5. The molecule has 0 unspecified atom stereocenters. The number of carbonyl (C=O) groups is 1. The van der Waals surface area contributed by atoms with Gasteiger partial charge in [0.15, 0.2) is 0 Å². The van der Waals surface area contributed by atoms with Crippen LogP contribution in [0.5, 0.6) is 0 Å². The lowest BCUT2D eigenvalue weighted by Gasteiger charge is -2.02. The van der Waals surface area contributed by atoms with E-state index in [1.165, 1.54) is 17.5 Å². The maximum Gasteiger partial charge on any atom is 0.341 e. The summed E-state index contributed by atoms with van der Waals surface area (Å²) in [7, 11) is 0. The molecule has 0 radical (unpaired) electrons. The van der Waals surface area contributed by atoms with Gasteiger partial charge in [-0.05, 0) is 31.5 Å². The minimum Gasteiger partial charge on any atom is -0.462 e. The van der Waals surface area contributed by atoms with Gasteiger partial charge in [0.2, 0.25) is 5.13 Å². The molecule has 0 aliphatic heterocycles. The van der Waals surface area contributed by atoms with E-state index in [9.17, 15) is 4.79 Å². The fraction of sp³-hybridized carbons (Fsp3) is 0.235. The summed E-state index contributed by atoms with van der Waals surface area (Å²) < 4.78 is 6.68. The third-order valence-corrected chi connectivity index (χ3v) is 5.20. The molecule has 0 bridgehead atoms. The number of nitrogens with zero attached hydrogens (tertiary/aromatic N) is 3. The second-order valence-electron chi connectivity index (χ2n) is 5.32. The van der Waals surface area contributed by atoms with Gasteiger partial charge in [0, 0.05) is 11.8 Å². The van der Waals surface area contributed by atoms with E-state index in [-0.39, 0.29) is 5.97 Å². The van der Waals surface area contributed by atoms with E-state index in [1.807, 2.05) is 24.4 Å². The van der Waals surface area contributed by atoms with Gasteiger partial charge in [0.25, 0.3) is 0 Å². The highest BCUT2D eigenvalue weighted by Gasteiger charge is 2.17. The van der Waals surface area contributed by atoms with Crippen LogP contribution in [0.2, 0.25) is 10.0 Å². The zero-order valence-corrected chi connectivity index (χ0v) is 16.0. The molecule has 1 aromatic carbocycles. The van der Waals surface area contributed by atoms with Crippen LogP contribution in [0, 0.1) is 6.92 Å². The minimum atomic E-state index is -0.376. The molecule has 0 aliphatic carbocycles. The van der Waals surface area contributed by atoms with E-state index in [2.05, 4.69) is 10.1 Å². The maximum atomic E-state index is 11.9. The molecule has 0 fully saturated rings. The minimum absolute atomic E-state index is 0.328. The first-order valence-corrected chi connectivity index (χ1v) is 9.23. The molecule has 2 aromatic heterocycles. The van der Waals surface area contributed by atoms with Crippen LogP contribution in [-0.4, -0.2) is 27.3 Å². The van der Waals surface area contributed by atoms with Gasteiger partial charge in [0.1, 0.15) is 5.56 Å². The SMILES string of the molecule is CCOC(=O)c1cnn(-c2nc(Cc3ccc(Cl)c(Cl)c3)cs2)c1C. The van der Waals surface area contributed by atoms with Gasteiger partial charge in [0.05, 0.1) is 34.2 Å². The molecule has 5 nitrogen and oxygen atoms in total. The molecule has 0 saturated heterocycles. The number of thiazole rings is 1. The molecular weight excluding hydrogens is 381 g/mol. The average molecular weight is 396 g/mol. The molecular formula is C17H15Cl2N3O2S. The molecule has 3 rings (SSSR count). The molecule has 0 amide bonds. The number of rotatable bonds is 5. The quantitative estimate of drug-likeness (QED) is 0.586. The molecule has 0 aliphatic rings. The van der Waals surface area contributed by atoms with Crippen molar-refractivity contribution in [3.63, 3.8) is 0 Å². The Balaban J connectivity index is 1.82. The van der Waals surface area contributed by atoms with E-state index in [0.29, 0.717) is 39.5 Å². The number of ether oxygens (including phenoxy) is 1. The Hall–Kier alpha value is -1.89. The molecule has 8 heteroatoms. The second kappa shape index (κ2) is 7.56. The number of benzene rings is 1. The zero-order valence-electron chi connectivity index (χ0n) is 13.6. The molecule has 0 N–H and O–H groups in total. The fourth-order valence-electron chi connectivity index (χ4n) is 2.35. The van der Waals surface area contributed by atoms with Crippen molar-refractivity contribution in [1.82, 2.24) is 14.8 Å². The molecule has 0 saturated carbocycles. The summed E-state index contributed by atoms with van der Waals surface area (Å²) in [6, 6.07) is 5.53. The van der Waals surface area contributed by atoms with Gasteiger partial charge in [-0.1, -0.05) is 29.3 Å². The lowest BCUT2D eigenvalue weighted by molar-refractivity contribution is 0.0525. The van der Waals surface area contributed by atoms with E-state index < -0.39 is 0 Å². The summed E-state index contributed by atoms with van der Waals surface area (Å²) in [4.78, 5) is 16.5. The zero-order chi connectivity index (χ0) is 18.0. The van der Waals surface area contributed by atoms with Crippen molar-refractivity contribution in [2.45, 2.75) is 20.3 Å². The standard InChI is InChI=1S/C17H15Cl2N3O2S/c1-3-24-16(23)13-8-20-22(10(13)2)17-21-12(9-25-17)6-11-4-5-14(18)15(19)7-11/h4-5,7-9H,3,6H2,1-2H3. The lowest BCUT2D eigenvalue weighted by atomic mass is 10.1. The highest BCUT2D eigenvalue weighted by Crippen LogP contribution is 2.25. The van der Waals surface area contributed by atoms with Crippen LogP contribution in [0.4, 0.5) is 0 Å². The number of halogens is 2. The Kier molecular flexibility index (Phi) is 5.42. The molecule has 130 valence electrons. The van der Waals surface area contributed by atoms with Crippen LogP contribution in [-0.2, 0) is 11.2 Å². The maximum absolute atomic E-state index is 11.9. The largest absolute Gasteiger partial charge is 0.462 e. The highest BCUT2D eigenvalue weighted by atomic mass is 35.5. The van der Waals surface area contributed by atoms with E-state index in [0.717, 1.165) is 11.3 Å². The van der Waals surface area contributed by atoms with Gasteiger partial charge in [-0.15, -0.1) is 11.3 Å². The fourth-order valence-corrected chi connectivity index (χ4v) is 3.50. The van der Waals surface area contributed by atoms with Crippen LogP contribution in [0.3, 0.4) is 0 Å². The van der Waals surface area contributed by atoms with Crippen LogP contribution in [0.1, 0.15) is 34.2 Å². The summed E-state index contributed by atoms with van der Waals surface area (Å²) in [5.74, 6) is -0.376. The van der Waals surface area contributed by atoms with Crippen molar-refractivity contribution >= 4 is 40.5 Å². The van der Waals surface area contributed by atoms with Crippen molar-refractivity contribution < 1.29 is 9.53 Å². The van der Waals surface area contributed by atoms with Gasteiger partial charge in [-0.2, -0.15) is 5.10 Å². The van der Waals surface area contributed by atoms with Crippen molar-refractivity contribution in [1.29, 1.82) is 0 Å². The van der Waals surface area contributed by atoms with Crippen molar-refractivity contribution in [3.05, 3.63) is 62.3 Å². The van der Waals surface area contributed by atoms with Gasteiger partial charge in [-0.25, -0.2) is 14.5 Å². The lowest BCUT2D eigenvalue weighted by Crippen LogP contribution is -2.06. The van der Waals surface area contributed by atoms with Crippen molar-refractivity contribution in [2.75, 3.05) is 6.61 Å². The normalized spacial score (nSPS) is 10.9. The molecule has 0 atom stereocenters. The van der Waals surface area contributed by atoms with Gasteiger partial charge >= 0.3 is 5.97 Å². The Labute approximate surface area is 159 Å². The highest BCUT2D eigenvalue weighted by molar-refractivity contribution is 7.12. The summed E-state index contributed by atoms with van der Waals surface area (Å²) in [6.45, 7) is 3.92. The smallest absolute Gasteiger partial charge is 0.341 e. The number of hydrogen-bond donors (Lipinski definition) is 0. The van der Waals surface area contributed by atoms with E-state index in [1.54, 1.807) is 17.7 Å². The van der Waals surface area contributed by atoms with E-state index in [4.69, 9.17) is 27.9 Å². The number of carbonyl (C=O) groups excluding carboxylic acids is 1. The molecule has 25 heavy (non-hydrogen) atoms. The van der Waals surface area contributed by atoms with Crippen LogP contribution in [0.25, 0.3) is 5.13 Å². The first-order valence-electron chi connectivity index (χ1n) is 7.60. The first-order chi connectivity index (χ1) is 12.0. The topological polar surface area (TPSA) is 57.0 Å². The predicted octanol–water partition coefficient (Wildman–Crippen LogP) is 4.71. The Bertz CT molecular complexity index is 921. The number of aromatic nitrogens is 3. The third kappa shape index (κ3) is 3.86. The van der Waals surface area contributed by atoms with E-state index >= 15 is 0 Å². The monoisotopic (exact) mass is 395 g/mol. The van der Waals surface area contributed by atoms with Crippen LogP contribution < -0.4 is 0 Å².